The quantitative estimate of drug-likeness (QED) is 0.504. The molecule has 0 aromatic heterocycles. The third-order valence-corrected chi connectivity index (χ3v) is 7.27. The summed E-state index contributed by atoms with van der Waals surface area (Å²) < 4.78 is 5.65. The van der Waals surface area contributed by atoms with Crippen LogP contribution < -0.4 is 5.32 Å². The summed E-state index contributed by atoms with van der Waals surface area (Å²) in [6.45, 7) is 5.56. The van der Waals surface area contributed by atoms with Crippen molar-refractivity contribution in [1.82, 2.24) is 15.1 Å². The second kappa shape index (κ2) is 9.63. The summed E-state index contributed by atoms with van der Waals surface area (Å²) >= 11 is 0. The van der Waals surface area contributed by atoms with E-state index in [1.54, 1.807) is 29.2 Å². The van der Waals surface area contributed by atoms with Crippen LogP contribution in [0.2, 0.25) is 0 Å². The Hall–Kier alpha value is -2.74. The maximum Gasteiger partial charge on any atom is 0.325 e. The van der Waals surface area contributed by atoms with Gasteiger partial charge in [-0.25, -0.2) is 4.79 Å². The number of nitrogens with zero attached hydrogens (tertiary/aromatic N) is 2. The van der Waals surface area contributed by atoms with E-state index in [2.05, 4.69) is 5.32 Å². The monoisotopic (exact) mass is 455 g/mol. The van der Waals surface area contributed by atoms with E-state index in [0.717, 1.165) is 19.3 Å². The molecular formula is C25H33N3O5. The summed E-state index contributed by atoms with van der Waals surface area (Å²) in [5.74, 6) is -0.273. The molecule has 33 heavy (non-hydrogen) atoms. The molecule has 0 bridgehead atoms. The van der Waals surface area contributed by atoms with E-state index < -0.39 is 5.54 Å². The molecule has 4 amide bonds. The number of benzene rings is 1. The van der Waals surface area contributed by atoms with Crippen LogP contribution in [0.15, 0.2) is 24.3 Å². The van der Waals surface area contributed by atoms with Gasteiger partial charge < -0.3 is 15.0 Å². The lowest BCUT2D eigenvalue weighted by Gasteiger charge is -2.41. The summed E-state index contributed by atoms with van der Waals surface area (Å²) in [6.07, 6.45) is 4.41. The largest absolute Gasteiger partial charge is 0.376 e. The Kier molecular flexibility index (Phi) is 6.83. The molecule has 1 N–H and O–H groups in total. The smallest absolute Gasteiger partial charge is 0.325 e. The fourth-order valence-corrected chi connectivity index (χ4v) is 5.45. The Morgan fingerprint density at radius 1 is 1.09 bits per heavy atom. The van der Waals surface area contributed by atoms with Crippen molar-refractivity contribution in [2.45, 2.75) is 64.0 Å². The zero-order chi connectivity index (χ0) is 23.6. The molecule has 0 aliphatic carbocycles. The Labute approximate surface area is 194 Å². The zero-order valence-corrected chi connectivity index (χ0v) is 19.5. The normalized spacial score (nSPS) is 26.1. The van der Waals surface area contributed by atoms with Gasteiger partial charge in [0, 0.05) is 30.8 Å². The molecule has 0 radical (unpaired) electrons. The molecule has 8 nitrogen and oxygen atoms in total. The minimum atomic E-state index is -0.900. The van der Waals surface area contributed by atoms with E-state index in [1.807, 2.05) is 6.92 Å². The first kappa shape index (κ1) is 23.4. The van der Waals surface area contributed by atoms with Crippen molar-refractivity contribution in [2.24, 2.45) is 5.92 Å². The maximum absolute atomic E-state index is 13.5. The SMILES string of the molecule is CCC[C@@]1(C2CCN(C(=O)c3ccc(C(C)=O)cc3)CC2)NC(=O)N(C[C@@H]2CCCO2)C1=O. The van der Waals surface area contributed by atoms with Crippen LogP contribution in [0.3, 0.4) is 0 Å². The van der Waals surface area contributed by atoms with Crippen molar-refractivity contribution in [3.8, 4) is 0 Å². The van der Waals surface area contributed by atoms with Crippen molar-refractivity contribution >= 4 is 23.6 Å². The van der Waals surface area contributed by atoms with E-state index in [1.165, 1.54) is 11.8 Å². The molecule has 0 unspecified atom stereocenters. The Morgan fingerprint density at radius 3 is 2.33 bits per heavy atom. The molecule has 0 spiro atoms. The van der Waals surface area contributed by atoms with Crippen molar-refractivity contribution in [1.29, 1.82) is 0 Å². The van der Waals surface area contributed by atoms with Crippen LogP contribution in [0.1, 0.15) is 73.1 Å². The molecule has 1 aromatic carbocycles. The number of imide groups is 1. The number of rotatable bonds is 7. The second-order valence-corrected chi connectivity index (χ2v) is 9.40. The van der Waals surface area contributed by atoms with Gasteiger partial charge in [0.2, 0.25) is 0 Å². The average Bonchev–Trinajstić information content (AvgIpc) is 3.42. The van der Waals surface area contributed by atoms with Crippen molar-refractivity contribution in [3.05, 3.63) is 35.4 Å². The van der Waals surface area contributed by atoms with Crippen LogP contribution in [-0.4, -0.2) is 71.3 Å². The molecule has 3 aliphatic heterocycles. The van der Waals surface area contributed by atoms with Crippen LogP contribution in [0.5, 0.6) is 0 Å². The van der Waals surface area contributed by atoms with E-state index in [0.29, 0.717) is 56.6 Å². The first-order chi connectivity index (χ1) is 15.9. The highest BCUT2D eigenvalue weighted by molar-refractivity contribution is 6.07. The standard InChI is InChI=1S/C25H33N3O5/c1-3-12-25(23(31)28(24(32)26-25)16-21-5-4-15-33-21)20-10-13-27(14-11-20)22(30)19-8-6-18(7-9-19)17(2)29/h6-9,20-21H,3-5,10-16H2,1-2H3,(H,26,32)/t21-,25-/m0/s1. The molecule has 2 atom stereocenters. The van der Waals surface area contributed by atoms with Gasteiger partial charge in [0.25, 0.3) is 11.8 Å². The lowest BCUT2D eigenvalue weighted by atomic mass is 9.74. The van der Waals surface area contributed by atoms with Gasteiger partial charge in [-0.2, -0.15) is 0 Å². The molecule has 178 valence electrons. The van der Waals surface area contributed by atoms with Gasteiger partial charge in [-0.1, -0.05) is 25.5 Å². The lowest BCUT2D eigenvalue weighted by Crippen LogP contribution is -2.56. The average molecular weight is 456 g/mol. The highest BCUT2D eigenvalue weighted by atomic mass is 16.5. The fourth-order valence-electron chi connectivity index (χ4n) is 5.45. The number of amides is 4. The molecule has 3 aliphatic rings. The van der Waals surface area contributed by atoms with Crippen LogP contribution in [0.25, 0.3) is 0 Å². The van der Waals surface area contributed by atoms with Gasteiger partial charge in [0.05, 0.1) is 12.6 Å². The Balaban J connectivity index is 1.43. The van der Waals surface area contributed by atoms with E-state index in [9.17, 15) is 19.2 Å². The van der Waals surface area contributed by atoms with Crippen LogP contribution in [0.4, 0.5) is 4.79 Å². The van der Waals surface area contributed by atoms with Gasteiger partial charge >= 0.3 is 6.03 Å². The summed E-state index contributed by atoms with van der Waals surface area (Å²) in [5, 5.41) is 3.05. The molecule has 0 saturated carbocycles. The number of carbonyl (C=O) groups excluding carboxylic acids is 4. The van der Waals surface area contributed by atoms with Gasteiger partial charge in [-0.15, -0.1) is 0 Å². The van der Waals surface area contributed by atoms with Crippen LogP contribution >= 0.6 is 0 Å². The van der Waals surface area contributed by atoms with Crippen LogP contribution in [-0.2, 0) is 9.53 Å². The maximum atomic E-state index is 13.5. The van der Waals surface area contributed by atoms with Crippen LogP contribution in [0, 0.1) is 5.92 Å². The molecular weight excluding hydrogens is 422 g/mol. The number of ether oxygens (including phenoxy) is 1. The Morgan fingerprint density at radius 2 is 1.76 bits per heavy atom. The summed E-state index contributed by atoms with van der Waals surface area (Å²) in [6, 6.07) is 6.40. The van der Waals surface area contributed by atoms with Gasteiger partial charge in [-0.3, -0.25) is 19.3 Å². The van der Waals surface area contributed by atoms with Gasteiger partial charge in [0.15, 0.2) is 5.78 Å². The summed E-state index contributed by atoms with van der Waals surface area (Å²) in [7, 11) is 0. The highest BCUT2D eigenvalue weighted by Gasteiger charge is 2.55. The predicted molar refractivity (Wildman–Crippen MR) is 122 cm³/mol. The first-order valence-corrected chi connectivity index (χ1v) is 12.0. The Bertz CT molecular complexity index is 916. The van der Waals surface area contributed by atoms with Gasteiger partial charge in [-0.05, 0) is 57.1 Å². The van der Waals surface area contributed by atoms with Crippen molar-refractivity contribution in [2.75, 3.05) is 26.2 Å². The topological polar surface area (TPSA) is 96.0 Å². The number of hydrogen-bond acceptors (Lipinski definition) is 5. The molecule has 8 heteroatoms. The minimum Gasteiger partial charge on any atom is -0.376 e. The number of piperidine rings is 1. The zero-order valence-electron chi connectivity index (χ0n) is 19.5. The molecule has 1 aromatic rings. The highest BCUT2D eigenvalue weighted by Crippen LogP contribution is 2.37. The number of nitrogens with one attached hydrogen (secondary N) is 1. The number of Topliss-reactive ketones (excluding diaryl/α,β-unsaturated/α-hetero) is 1. The van der Waals surface area contributed by atoms with E-state index in [-0.39, 0.29) is 35.7 Å². The van der Waals surface area contributed by atoms with Gasteiger partial charge in [0.1, 0.15) is 5.54 Å². The number of urea groups is 1. The van der Waals surface area contributed by atoms with E-state index in [4.69, 9.17) is 4.74 Å². The summed E-state index contributed by atoms with van der Waals surface area (Å²) in [5.41, 5.74) is 0.229. The van der Waals surface area contributed by atoms with Crippen molar-refractivity contribution < 1.29 is 23.9 Å². The molecule has 3 fully saturated rings. The minimum absolute atomic E-state index is 0.0208. The third-order valence-electron chi connectivity index (χ3n) is 7.27. The number of likely N-dealkylation sites (tertiary alicyclic amines) is 1. The number of carbonyl (C=O) groups is 4. The first-order valence-electron chi connectivity index (χ1n) is 12.0. The molecule has 3 saturated heterocycles. The fraction of sp³-hybridized carbons (Fsp3) is 0.600. The predicted octanol–water partition coefficient (Wildman–Crippen LogP) is 3.01. The third kappa shape index (κ3) is 4.53. The summed E-state index contributed by atoms with van der Waals surface area (Å²) in [4.78, 5) is 53.9. The molecule has 4 rings (SSSR count). The second-order valence-electron chi connectivity index (χ2n) is 9.40. The van der Waals surface area contributed by atoms with E-state index >= 15 is 0 Å². The molecule has 3 heterocycles. The number of hydrogen-bond donors (Lipinski definition) is 1. The lowest BCUT2D eigenvalue weighted by molar-refractivity contribution is -0.135. The number of ketones is 1. The van der Waals surface area contributed by atoms with Crippen molar-refractivity contribution in [3.63, 3.8) is 0 Å².